The predicted molar refractivity (Wildman–Crippen MR) is 144 cm³/mol. The van der Waals surface area contributed by atoms with Gasteiger partial charge in [-0.1, -0.05) is 29.8 Å². The maximum Gasteiger partial charge on any atom is 0.264 e. The minimum Gasteiger partial charge on any atom is -0.486 e. The molecule has 1 amide bonds. The third-order valence-electron chi connectivity index (χ3n) is 5.45. The summed E-state index contributed by atoms with van der Waals surface area (Å²) in [4.78, 5) is 12.6. The summed E-state index contributed by atoms with van der Waals surface area (Å²) < 4.78 is 52.9. The van der Waals surface area contributed by atoms with E-state index in [0.717, 1.165) is 27.4 Å². The first-order valence-corrected chi connectivity index (χ1v) is 14.6. The van der Waals surface area contributed by atoms with Crippen molar-refractivity contribution in [2.24, 2.45) is 0 Å². The smallest absolute Gasteiger partial charge is 0.264 e. The van der Waals surface area contributed by atoms with Crippen LogP contribution in [-0.4, -0.2) is 46.4 Å². The molecule has 0 atom stereocenters. The summed E-state index contributed by atoms with van der Waals surface area (Å²) in [7, 11) is -4.22. The molecule has 0 saturated carbocycles. The fourth-order valence-corrected chi connectivity index (χ4v) is 6.09. The van der Waals surface area contributed by atoms with Crippen LogP contribution in [0.25, 0.3) is 0 Å². The van der Waals surface area contributed by atoms with E-state index in [1.807, 2.05) is 24.3 Å². The highest BCUT2D eigenvalue weighted by atomic mass is 35.5. The van der Waals surface area contributed by atoms with Crippen LogP contribution in [0.4, 0.5) is 10.1 Å². The number of ether oxygens (including phenoxy) is 2. The molecule has 0 spiro atoms. The number of halogens is 2. The number of hydrogen-bond acceptors (Lipinski definition) is 6. The van der Waals surface area contributed by atoms with Crippen molar-refractivity contribution in [3.63, 3.8) is 0 Å². The number of benzene rings is 3. The first-order chi connectivity index (χ1) is 17.8. The summed E-state index contributed by atoms with van der Waals surface area (Å²) in [5.41, 5.74) is 1.21. The molecule has 3 aromatic rings. The number of carbonyl (C=O) groups is 1. The Balaban J connectivity index is 1.38. The van der Waals surface area contributed by atoms with Crippen molar-refractivity contribution < 1.29 is 27.1 Å². The van der Waals surface area contributed by atoms with E-state index in [0.29, 0.717) is 42.7 Å². The molecule has 37 heavy (non-hydrogen) atoms. The summed E-state index contributed by atoms with van der Waals surface area (Å²) in [6.45, 7) is 0.546. The zero-order chi connectivity index (χ0) is 26.3. The van der Waals surface area contributed by atoms with Gasteiger partial charge in [-0.3, -0.25) is 9.10 Å². The Hall–Kier alpha value is -2.95. The van der Waals surface area contributed by atoms with Crippen LogP contribution in [0, 0.1) is 5.82 Å². The van der Waals surface area contributed by atoms with Crippen LogP contribution >= 0.6 is 23.4 Å². The van der Waals surface area contributed by atoms with Crippen molar-refractivity contribution in [1.29, 1.82) is 0 Å². The Morgan fingerprint density at radius 3 is 2.54 bits per heavy atom. The first-order valence-electron chi connectivity index (χ1n) is 11.6. The average molecular weight is 565 g/mol. The summed E-state index contributed by atoms with van der Waals surface area (Å²) in [6, 6.07) is 17.0. The zero-order valence-electron chi connectivity index (χ0n) is 19.9. The molecule has 11 heteroatoms. The van der Waals surface area contributed by atoms with Crippen LogP contribution in [0.1, 0.15) is 12.0 Å². The van der Waals surface area contributed by atoms with E-state index >= 15 is 0 Å². The lowest BCUT2D eigenvalue weighted by Gasteiger charge is -2.25. The Kier molecular flexibility index (Phi) is 9.18. The van der Waals surface area contributed by atoms with Gasteiger partial charge in [0.15, 0.2) is 11.5 Å². The normalized spacial score (nSPS) is 12.7. The van der Waals surface area contributed by atoms with E-state index in [2.05, 4.69) is 5.32 Å². The van der Waals surface area contributed by atoms with Crippen LogP contribution in [0.2, 0.25) is 5.02 Å². The number of carbonyl (C=O) groups excluding carboxylic acids is 1. The number of nitrogens with zero attached hydrogens (tertiary/aromatic N) is 1. The second-order valence-electron chi connectivity index (χ2n) is 8.18. The molecule has 0 aliphatic carbocycles. The van der Waals surface area contributed by atoms with E-state index in [-0.39, 0.29) is 10.6 Å². The number of rotatable bonds is 11. The molecule has 196 valence electrons. The van der Waals surface area contributed by atoms with Crippen LogP contribution in [0.5, 0.6) is 11.5 Å². The number of sulfonamides is 1. The highest BCUT2D eigenvalue weighted by Crippen LogP contribution is 2.34. The van der Waals surface area contributed by atoms with Gasteiger partial charge in [-0.05, 0) is 60.2 Å². The van der Waals surface area contributed by atoms with Crippen molar-refractivity contribution in [1.82, 2.24) is 5.32 Å². The van der Waals surface area contributed by atoms with E-state index in [4.69, 9.17) is 21.1 Å². The summed E-state index contributed by atoms with van der Waals surface area (Å²) in [5, 5.41) is 3.46. The second-order valence-corrected chi connectivity index (χ2v) is 11.6. The Labute approximate surface area is 225 Å². The fourth-order valence-electron chi connectivity index (χ4n) is 3.62. The van der Waals surface area contributed by atoms with Crippen molar-refractivity contribution in [2.75, 3.05) is 36.4 Å². The molecule has 0 aromatic heterocycles. The number of thioether (sulfide) groups is 1. The number of hydrogen-bond donors (Lipinski definition) is 1. The minimum absolute atomic E-state index is 0.0450. The second kappa shape index (κ2) is 12.5. The molecule has 1 aliphatic heterocycles. The third kappa shape index (κ3) is 7.30. The molecular formula is C26H26ClFN2O5S2. The lowest BCUT2D eigenvalue weighted by Crippen LogP contribution is -2.41. The van der Waals surface area contributed by atoms with Crippen LogP contribution in [0.15, 0.2) is 71.6 Å². The van der Waals surface area contributed by atoms with Gasteiger partial charge in [0.25, 0.3) is 10.0 Å². The van der Waals surface area contributed by atoms with Crippen molar-refractivity contribution in [3.05, 3.63) is 83.1 Å². The van der Waals surface area contributed by atoms with Gasteiger partial charge in [-0.25, -0.2) is 12.8 Å². The molecule has 7 nitrogen and oxygen atoms in total. The molecule has 1 aliphatic rings. The molecular weight excluding hydrogens is 539 g/mol. The molecule has 0 saturated heterocycles. The standard InChI is InChI=1S/C26H26ClFN2O5S2/c27-20-7-5-19(6-8-20)18-36-14-2-11-29-26(31)17-30(22-4-1-3-21(28)15-22)37(32,33)23-9-10-24-25(16-23)35-13-12-34-24/h1,3-10,15-16H,2,11-14,17-18H2,(H,29,31). The predicted octanol–water partition coefficient (Wildman–Crippen LogP) is 4.89. The van der Waals surface area contributed by atoms with Gasteiger partial charge in [0, 0.05) is 23.4 Å². The van der Waals surface area contributed by atoms with Gasteiger partial charge in [-0.2, -0.15) is 11.8 Å². The molecule has 1 heterocycles. The first kappa shape index (κ1) is 27.1. The van der Waals surface area contributed by atoms with Crippen molar-refractivity contribution >= 4 is 45.0 Å². The number of nitrogens with one attached hydrogen (secondary N) is 1. The molecule has 0 fully saturated rings. The van der Waals surface area contributed by atoms with Crippen LogP contribution in [0.3, 0.4) is 0 Å². The largest absolute Gasteiger partial charge is 0.486 e. The topological polar surface area (TPSA) is 84.9 Å². The van der Waals surface area contributed by atoms with Crippen LogP contribution in [-0.2, 0) is 20.6 Å². The van der Waals surface area contributed by atoms with E-state index < -0.39 is 28.3 Å². The summed E-state index contributed by atoms with van der Waals surface area (Å²) >= 11 is 7.63. The molecule has 3 aromatic carbocycles. The summed E-state index contributed by atoms with van der Waals surface area (Å²) in [6.07, 6.45) is 0.707. The lowest BCUT2D eigenvalue weighted by molar-refractivity contribution is -0.119. The zero-order valence-corrected chi connectivity index (χ0v) is 22.3. The van der Waals surface area contributed by atoms with Crippen molar-refractivity contribution in [3.8, 4) is 11.5 Å². The Bertz CT molecular complexity index is 1340. The Morgan fingerprint density at radius 1 is 1.03 bits per heavy atom. The minimum atomic E-state index is -4.22. The van der Waals surface area contributed by atoms with E-state index in [1.165, 1.54) is 36.4 Å². The number of fused-ring (bicyclic) bond motifs is 1. The average Bonchev–Trinajstić information content (AvgIpc) is 2.90. The van der Waals surface area contributed by atoms with Gasteiger partial charge < -0.3 is 14.8 Å². The SMILES string of the molecule is O=C(CN(c1cccc(F)c1)S(=O)(=O)c1ccc2c(c1)OCCO2)NCCCSCc1ccc(Cl)cc1. The molecule has 1 N–H and O–H groups in total. The highest BCUT2D eigenvalue weighted by Gasteiger charge is 2.29. The monoisotopic (exact) mass is 564 g/mol. The van der Waals surface area contributed by atoms with Crippen LogP contribution < -0.4 is 19.1 Å². The van der Waals surface area contributed by atoms with E-state index in [1.54, 1.807) is 11.8 Å². The lowest BCUT2D eigenvalue weighted by atomic mass is 10.2. The number of anilines is 1. The molecule has 0 radical (unpaired) electrons. The molecule has 4 rings (SSSR count). The van der Waals surface area contributed by atoms with Gasteiger partial charge in [0.1, 0.15) is 25.6 Å². The van der Waals surface area contributed by atoms with Gasteiger partial charge in [0.05, 0.1) is 10.6 Å². The quantitative estimate of drug-likeness (QED) is 0.334. The summed E-state index contributed by atoms with van der Waals surface area (Å²) in [5.74, 6) is 1.27. The highest BCUT2D eigenvalue weighted by molar-refractivity contribution is 7.98. The Morgan fingerprint density at radius 2 is 1.78 bits per heavy atom. The van der Waals surface area contributed by atoms with Gasteiger partial charge >= 0.3 is 0 Å². The van der Waals surface area contributed by atoms with Gasteiger partial charge in [-0.15, -0.1) is 0 Å². The van der Waals surface area contributed by atoms with E-state index in [9.17, 15) is 17.6 Å². The maximum atomic E-state index is 14.0. The van der Waals surface area contributed by atoms with Crippen molar-refractivity contribution in [2.45, 2.75) is 17.1 Å². The van der Waals surface area contributed by atoms with Gasteiger partial charge in [0.2, 0.25) is 5.91 Å². The fraction of sp³-hybridized carbons (Fsp3) is 0.269. The third-order valence-corrected chi connectivity index (χ3v) is 8.59. The maximum absolute atomic E-state index is 14.0. The molecule has 0 bridgehead atoms. The molecule has 0 unspecified atom stereocenters. The number of amides is 1.